The number of aryl methyl sites for hydroxylation is 1. The van der Waals surface area contributed by atoms with Gasteiger partial charge in [0.05, 0.1) is 23.1 Å². The average Bonchev–Trinajstić information content (AvgIpc) is 2.76. The molecule has 3 rings (SSSR count). The highest BCUT2D eigenvalue weighted by Crippen LogP contribution is 2.16. The summed E-state index contributed by atoms with van der Waals surface area (Å²) in [5.41, 5.74) is 8.38. The maximum absolute atomic E-state index is 5.94. The lowest BCUT2D eigenvalue weighted by molar-refractivity contribution is 0.812. The molecule has 2 N–H and O–H groups in total. The number of rotatable bonds is 2. The van der Waals surface area contributed by atoms with Crippen LogP contribution in [0.4, 0.5) is 5.82 Å². The van der Waals surface area contributed by atoms with Crippen molar-refractivity contribution in [1.82, 2.24) is 19.5 Å². The molecule has 0 amide bonds. The molecular formula is C13H13N5. The van der Waals surface area contributed by atoms with Crippen LogP contribution < -0.4 is 5.73 Å². The minimum atomic E-state index is 0.469. The Balaban J connectivity index is 2.06. The number of fused-ring (bicyclic) bond motifs is 1. The van der Waals surface area contributed by atoms with Gasteiger partial charge in [-0.25, -0.2) is 15.0 Å². The van der Waals surface area contributed by atoms with Crippen molar-refractivity contribution >= 4 is 16.9 Å². The molecule has 0 saturated heterocycles. The zero-order valence-corrected chi connectivity index (χ0v) is 10.0. The van der Waals surface area contributed by atoms with Crippen molar-refractivity contribution in [2.24, 2.45) is 7.05 Å². The summed E-state index contributed by atoms with van der Waals surface area (Å²) in [6.45, 7) is 0. The van der Waals surface area contributed by atoms with E-state index in [2.05, 4.69) is 15.0 Å². The van der Waals surface area contributed by atoms with Crippen LogP contribution >= 0.6 is 0 Å². The third kappa shape index (κ3) is 1.79. The normalized spacial score (nSPS) is 10.9. The van der Waals surface area contributed by atoms with Crippen molar-refractivity contribution in [3.8, 4) is 0 Å². The third-order valence-electron chi connectivity index (χ3n) is 2.92. The highest BCUT2D eigenvalue weighted by molar-refractivity contribution is 5.75. The topological polar surface area (TPSA) is 69.6 Å². The Hall–Kier alpha value is -2.43. The van der Waals surface area contributed by atoms with Gasteiger partial charge in [-0.3, -0.25) is 0 Å². The quantitative estimate of drug-likeness (QED) is 0.736. The van der Waals surface area contributed by atoms with E-state index < -0.39 is 0 Å². The van der Waals surface area contributed by atoms with Gasteiger partial charge in [0.2, 0.25) is 0 Å². The number of para-hydroxylation sites is 2. The summed E-state index contributed by atoms with van der Waals surface area (Å²) in [7, 11) is 1.95. The first-order valence-corrected chi connectivity index (χ1v) is 5.71. The standard InChI is InChI=1S/C13H13N5/c1-18-7-6-15-12(18)8-11-13(14)17-10-5-3-2-4-9(10)16-11/h2-7H,8H2,1H3,(H2,14,17). The Labute approximate surface area is 104 Å². The molecule has 0 bridgehead atoms. The fourth-order valence-electron chi connectivity index (χ4n) is 1.90. The van der Waals surface area contributed by atoms with E-state index in [1.54, 1.807) is 6.20 Å². The Bertz CT molecular complexity index is 701. The van der Waals surface area contributed by atoms with E-state index in [4.69, 9.17) is 5.73 Å². The van der Waals surface area contributed by atoms with Crippen LogP contribution in [-0.2, 0) is 13.5 Å². The number of hydrogen-bond acceptors (Lipinski definition) is 4. The number of nitrogens with zero attached hydrogens (tertiary/aromatic N) is 4. The summed E-state index contributed by atoms with van der Waals surface area (Å²) in [5, 5.41) is 0. The van der Waals surface area contributed by atoms with E-state index in [-0.39, 0.29) is 0 Å². The van der Waals surface area contributed by atoms with Crippen LogP contribution in [0, 0.1) is 0 Å². The maximum Gasteiger partial charge on any atom is 0.146 e. The van der Waals surface area contributed by atoms with Crippen molar-refractivity contribution in [3.63, 3.8) is 0 Å². The Morgan fingerprint density at radius 1 is 1.17 bits per heavy atom. The molecule has 18 heavy (non-hydrogen) atoms. The number of nitrogen functional groups attached to an aromatic ring is 1. The van der Waals surface area contributed by atoms with E-state index in [1.807, 2.05) is 42.1 Å². The van der Waals surface area contributed by atoms with Gasteiger partial charge in [-0.15, -0.1) is 0 Å². The van der Waals surface area contributed by atoms with Crippen molar-refractivity contribution in [3.05, 3.63) is 48.2 Å². The molecule has 0 unspecified atom stereocenters. The first-order valence-electron chi connectivity index (χ1n) is 5.71. The molecule has 5 heteroatoms. The monoisotopic (exact) mass is 239 g/mol. The van der Waals surface area contributed by atoms with Gasteiger partial charge in [0.1, 0.15) is 11.6 Å². The second kappa shape index (κ2) is 4.10. The Morgan fingerprint density at radius 3 is 2.56 bits per heavy atom. The number of hydrogen-bond donors (Lipinski definition) is 1. The lowest BCUT2D eigenvalue weighted by atomic mass is 10.2. The third-order valence-corrected chi connectivity index (χ3v) is 2.92. The van der Waals surface area contributed by atoms with E-state index >= 15 is 0 Å². The summed E-state index contributed by atoms with van der Waals surface area (Å²) in [6.07, 6.45) is 4.26. The molecule has 0 atom stereocenters. The summed E-state index contributed by atoms with van der Waals surface area (Å²) >= 11 is 0. The van der Waals surface area contributed by atoms with E-state index in [1.165, 1.54) is 0 Å². The van der Waals surface area contributed by atoms with Gasteiger partial charge in [0, 0.05) is 19.4 Å². The smallest absolute Gasteiger partial charge is 0.146 e. The maximum atomic E-state index is 5.94. The van der Waals surface area contributed by atoms with Gasteiger partial charge in [-0.1, -0.05) is 12.1 Å². The molecule has 0 aliphatic rings. The molecule has 0 fully saturated rings. The minimum absolute atomic E-state index is 0.469. The molecular weight excluding hydrogens is 226 g/mol. The van der Waals surface area contributed by atoms with Crippen LogP contribution in [0.2, 0.25) is 0 Å². The lowest BCUT2D eigenvalue weighted by Gasteiger charge is -2.06. The van der Waals surface area contributed by atoms with E-state index in [0.717, 1.165) is 22.6 Å². The predicted molar refractivity (Wildman–Crippen MR) is 70.0 cm³/mol. The summed E-state index contributed by atoms with van der Waals surface area (Å²) in [6, 6.07) is 7.71. The molecule has 90 valence electrons. The molecule has 2 aromatic heterocycles. The van der Waals surface area contributed by atoms with E-state index in [0.29, 0.717) is 12.2 Å². The van der Waals surface area contributed by atoms with Gasteiger partial charge in [0.15, 0.2) is 0 Å². The molecule has 0 spiro atoms. The molecule has 0 radical (unpaired) electrons. The SMILES string of the molecule is Cn1ccnc1Cc1nc2ccccc2nc1N. The van der Waals surface area contributed by atoms with Gasteiger partial charge in [-0.2, -0.15) is 0 Å². The number of anilines is 1. The van der Waals surface area contributed by atoms with Crippen molar-refractivity contribution in [2.75, 3.05) is 5.73 Å². The molecule has 0 saturated carbocycles. The van der Waals surface area contributed by atoms with Gasteiger partial charge < -0.3 is 10.3 Å². The number of imidazole rings is 1. The second-order valence-corrected chi connectivity index (χ2v) is 4.18. The molecule has 1 aromatic carbocycles. The highest BCUT2D eigenvalue weighted by Gasteiger charge is 2.09. The molecule has 5 nitrogen and oxygen atoms in total. The number of benzene rings is 1. The fourth-order valence-corrected chi connectivity index (χ4v) is 1.90. The number of aromatic nitrogens is 4. The molecule has 3 aromatic rings. The molecule has 0 aliphatic carbocycles. The van der Waals surface area contributed by atoms with Gasteiger partial charge in [-0.05, 0) is 12.1 Å². The minimum Gasteiger partial charge on any atom is -0.382 e. The largest absolute Gasteiger partial charge is 0.382 e. The van der Waals surface area contributed by atoms with Crippen molar-refractivity contribution in [1.29, 1.82) is 0 Å². The summed E-state index contributed by atoms with van der Waals surface area (Å²) in [4.78, 5) is 13.2. The Morgan fingerprint density at radius 2 is 1.89 bits per heavy atom. The Kier molecular flexibility index (Phi) is 2.44. The molecule has 0 aliphatic heterocycles. The predicted octanol–water partition coefficient (Wildman–Crippen LogP) is 1.54. The van der Waals surface area contributed by atoms with Crippen molar-refractivity contribution in [2.45, 2.75) is 6.42 Å². The summed E-state index contributed by atoms with van der Waals surface area (Å²) < 4.78 is 1.95. The van der Waals surface area contributed by atoms with Gasteiger partial charge >= 0.3 is 0 Å². The van der Waals surface area contributed by atoms with E-state index in [9.17, 15) is 0 Å². The zero-order valence-electron chi connectivity index (χ0n) is 10.0. The van der Waals surface area contributed by atoms with Crippen LogP contribution in [0.25, 0.3) is 11.0 Å². The van der Waals surface area contributed by atoms with Crippen LogP contribution in [0.15, 0.2) is 36.7 Å². The average molecular weight is 239 g/mol. The second-order valence-electron chi connectivity index (χ2n) is 4.18. The first kappa shape index (κ1) is 10.7. The van der Waals surface area contributed by atoms with Crippen LogP contribution in [-0.4, -0.2) is 19.5 Å². The first-order chi connectivity index (χ1) is 8.74. The highest BCUT2D eigenvalue weighted by atomic mass is 15.0. The lowest BCUT2D eigenvalue weighted by Crippen LogP contribution is -2.06. The fraction of sp³-hybridized carbons (Fsp3) is 0.154. The zero-order chi connectivity index (χ0) is 12.5. The van der Waals surface area contributed by atoms with Crippen molar-refractivity contribution < 1.29 is 0 Å². The van der Waals surface area contributed by atoms with Gasteiger partial charge in [0.25, 0.3) is 0 Å². The van der Waals surface area contributed by atoms with Crippen LogP contribution in [0.3, 0.4) is 0 Å². The van der Waals surface area contributed by atoms with Crippen LogP contribution in [0.5, 0.6) is 0 Å². The van der Waals surface area contributed by atoms with Crippen LogP contribution in [0.1, 0.15) is 11.5 Å². The number of nitrogens with two attached hydrogens (primary N) is 1. The summed E-state index contributed by atoms with van der Waals surface area (Å²) in [5.74, 6) is 1.39. The molecule has 2 heterocycles.